The van der Waals surface area contributed by atoms with Gasteiger partial charge in [-0.05, 0) is 18.2 Å². The number of aromatic amines is 1. The van der Waals surface area contributed by atoms with Crippen molar-refractivity contribution < 1.29 is 14.2 Å². The molecule has 1 aliphatic heterocycles. The maximum absolute atomic E-state index is 11.7. The van der Waals surface area contributed by atoms with Crippen LogP contribution in [0.15, 0.2) is 29.3 Å². The quantitative estimate of drug-likeness (QED) is 0.900. The number of methoxy groups -OCH3 is 1. The Morgan fingerprint density at radius 2 is 2.05 bits per heavy atom. The highest BCUT2D eigenvalue weighted by Crippen LogP contribution is 2.35. The molecule has 0 saturated carbocycles. The lowest BCUT2D eigenvalue weighted by molar-refractivity contribution is 0.297. The zero-order chi connectivity index (χ0) is 13.9. The minimum Gasteiger partial charge on any atom is -0.490 e. The van der Waals surface area contributed by atoms with E-state index in [-0.39, 0.29) is 11.3 Å². The van der Waals surface area contributed by atoms with Gasteiger partial charge >= 0.3 is 0 Å². The lowest BCUT2D eigenvalue weighted by Crippen LogP contribution is -2.11. The number of aromatic nitrogens is 2. The van der Waals surface area contributed by atoms with Crippen LogP contribution in [0.1, 0.15) is 6.42 Å². The number of ether oxygens (including phenoxy) is 3. The van der Waals surface area contributed by atoms with Gasteiger partial charge in [0.25, 0.3) is 5.56 Å². The van der Waals surface area contributed by atoms with Crippen molar-refractivity contribution in [3.8, 4) is 28.5 Å². The smallest absolute Gasteiger partial charge is 0.293 e. The van der Waals surface area contributed by atoms with Crippen LogP contribution in [-0.2, 0) is 0 Å². The van der Waals surface area contributed by atoms with Gasteiger partial charge in [0.15, 0.2) is 11.5 Å². The Morgan fingerprint density at radius 1 is 1.25 bits per heavy atom. The molecule has 1 aromatic heterocycles. The van der Waals surface area contributed by atoms with E-state index in [0.29, 0.717) is 30.4 Å². The van der Waals surface area contributed by atoms with Crippen molar-refractivity contribution in [1.82, 2.24) is 9.97 Å². The van der Waals surface area contributed by atoms with Gasteiger partial charge in [0.2, 0.25) is 5.75 Å². The van der Waals surface area contributed by atoms with Crippen LogP contribution in [0, 0.1) is 0 Å². The topological polar surface area (TPSA) is 73.4 Å². The minimum atomic E-state index is -0.315. The molecule has 0 unspecified atom stereocenters. The molecule has 1 aromatic carbocycles. The molecule has 2 aromatic rings. The van der Waals surface area contributed by atoms with Crippen molar-refractivity contribution in [1.29, 1.82) is 0 Å². The average Bonchev–Trinajstić information content (AvgIpc) is 2.71. The van der Waals surface area contributed by atoms with Crippen LogP contribution in [-0.4, -0.2) is 30.3 Å². The van der Waals surface area contributed by atoms with Gasteiger partial charge in [0.1, 0.15) is 5.69 Å². The van der Waals surface area contributed by atoms with E-state index in [4.69, 9.17) is 14.2 Å². The zero-order valence-corrected chi connectivity index (χ0v) is 11.0. The summed E-state index contributed by atoms with van der Waals surface area (Å²) in [6.07, 6.45) is 2.19. The van der Waals surface area contributed by atoms with Crippen molar-refractivity contribution in [3.05, 3.63) is 34.9 Å². The number of H-pyrrole nitrogens is 1. The first-order valence-electron chi connectivity index (χ1n) is 6.31. The lowest BCUT2D eigenvalue weighted by atomic mass is 10.1. The van der Waals surface area contributed by atoms with Gasteiger partial charge in [-0.3, -0.25) is 4.79 Å². The van der Waals surface area contributed by atoms with Crippen molar-refractivity contribution in [2.75, 3.05) is 20.3 Å². The first-order valence-corrected chi connectivity index (χ1v) is 6.31. The van der Waals surface area contributed by atoms with E-state index in [0.717, 1.165) is 12.0 Å². The monoisotopic (exact) mass is 274 g/mol. The van der Waals surface area contributed by atoms with E-state index in [9.17, 15) is 4.79 Å². The van der Waals surface area contributed by atoms with Gasteiger partial charge in [0, 0.05) is 12.0 Å². The summed E-state index contributed by atoms with van der Waals surface area (Å²) < 4.78 is 16.3. The van der Waals surface area contributed by atoms with E-state index in [2.05, 4.69) is 9.97 Å². The number of rotatable bonds is 2. The maximum Gasteiger partial charge on any atom is 0.293 e. The normalized spacial score (nSPS) is 13.7. The van der Waals surface area contributed by atoms with Crippen LogP contribution in [0.5, 0.6) is 17.2 Å². The molecule has 6 nitrogen and oxygen atoms in total. The Labute approximate surface area is 115 Å². The summed E-state index contributed by atoms with van der Waals surface area (Å²) in [7, 11) is 1.44. The Morgan fingerprint density at radius 3 is 2.85 bits per heavy atom. The Bertz CT molecular complexity index is 681. The largest absolute Gasteiger partial charge is 0.490 e. The molecular formula is C14H14N2O4. The van der Waals surface area contributed by atoms with Gasteiger partial charge in [-0.1, -0.05) is 0 Å². The molecule has 1 N–H and O–H groups in total. The first-order chi connectivity index (χ1) is 9.79. The summed E-state index contributed by atoms with van der Waals surface area (Å²) >= 11 is 0. The third kappa shape index (κ3) is 2.20. The second-order valence-corrected chi connectivity index (χ2v) is 4.33. The number of nitrogens with zero attached hydrogens (tertiary/aromatic N) is 1. The van der Waals surface area contributed by atoms with Crippen LogP contribution >= 0.6 is 0 Å². The summed E-state index contributed by atoms with van der Waals surface area (Å²) in [4.78, 5) is 18.4. The predicted octanol–water partition coefficient (Wildman–Crippen LogP) is 1.61. The average molecular weight is 274 g/mol. The fourth-order valence-electron chi connectivity index (χ4n) is 2.09. The van der Waals surface area contributed by atoms with Gasteiger partial charge in [-0.15, -0.1) is 0 Å². The molecule has 3 rings (SSSR count). The van der Waals surface area contributed by atoms with Gasteiger partial charge in [0.05, 0.1) is 26.7 Å². The molecule has 0 saturated heterocycles. The van der Waals surface area contributed by atoms with Crippen LogP contribution in [0.2, 0.25) is 0 Å². The van der Waals surface area contributed by atoms with Crippen molar-refractivity contribution >= 4 is 0 Å². The number of fused-ring (bicyclic) bond motifs is 1. The summed E-state index contributed by atoms with van der Waals surface area (Å²) in [6.45, 7) is 1.25. The Kier molecular flexibility index (Phi) is 3.28. The van der Waals surface area contributed by atoms with Gasteiger partial charge in [-0.25, -0.2) is 4.98 Å². The van der Waals surface area contributed by atoms with Crippen LogP contribution in [0.4, 0.5) is 0 Å². The van der Waals surface area contributed by atoms with Crippen LogP contribution in [0.3, 0.4) is 0 Å². The SMILES string of the molecule is COc1c(-c2ccc3c(c2)OCCCO3)nc[nH]c1=O. The predicted molar refractivity (Wildman–Crippen MR) is 72.5 cm³/mol. The highest BCUT2D eigenvalue weighted by atomic mass is 16.5. The first kappa shape index (κ1) is 12.5. The number of hydrogen-bond donors (Lipinski definition) is 1. The maximum atomic E-state index is 11.7. The molecule has 104 valence electrons. The minimum absolute atomic E-state index is 0.182. The van der Waals surface area contributed by atoms with Crippen molar-refractivity contribution in [3.63, 3.8) is 0 Å². The molecular weight excluding hydrogens is 260 g/mol. The summed E-state index contributed by atoms with van der Waals surface area (Å²) in [5, 5.41) is 0. The van der Waals surface area contributed by atoms with Crippen molar-refractivity contribution in [2.24, 2.45) is 0 Å². The van der Waals surface area contributed by atoms with Gasteiger partial charge in [-0.2, -0.15) is 0 Å². The number of nitrogens with one attached hydrogen (secondary N) is 1. The molecule has 0 bridgehead atoms. The molecule has 0 spiro atoms. The summed E-state index contributed by atoms with van der Waals surface area (Å²) in [5.74, 6) is 1.54. The molecule has 6 heteroatoms. The lowest BCUT2D eigenvalue weighted by Gasteiger charge is -2.10. The zero-order valence-electron chi connectivity index (χ0n) is 11.0. The molecule has 20 heavy (non-hydrogen) atoms. The third-order valence-corrected chi connectivity index (χ3v) is 3.04. The molecule has 0 fully saturated rings. The number of benzene rings is 1. The molecule has 2 heterocycles. The van der Waals surface area contributed by atoms with Crippen molar-refractivity contribution in [2.45, 2.75) is 6.42 Å². The van der Waals surface area contributed by atoms with Gasteiger partial charge < -0.3 is 19.2 Å². The fourth-order valence-corrected chi connectivity index (χ4v) is 2.09. The molecule has 0 atom stereocenters. The summed E-state index contributed by atoms with van der Waals surface area (Å²) in [6, 6.07) is 5.46. The molecule has 0 radical (unpaired) electrons. The number of hydrogen-bond acceptors (Lipinski definition) is 5. The van der Waals surface area contributed by atoms with E-state index < -0.39 is 0 Å². The second kappa shape index (κ2) is 5.24. The summed E-state index contributed by atoms with van der Waals surface area (Å²) in [5.41, 5.74) is 0.911. The highest BCUT2D eigenvalue weighted by Gasteiger charge is 2.15. The third-order valence-electron chi connectivity index (χ3n) is 3.04. The Balaban J connectivity index is 2.09. The van der Waals surface area contributed by atoms with E-state index in [1.54, 1.807) is 0 Å². The molecule has 0 amide bonds. The Hall–Kier alpha value is -2.50. The standard InChI is InChI=1S/C14H14N2O4/c1-18-13-12(15-8-16-14(13)17)9-3-4-10-11(7-9)20-6-2-5-19-10/h3-4,7-8H,2,5-6H2,1H3,(H,15,16,17). The van der Waals surface area contributed by atoms with Crippen LogP contribution < -0.4 is 19.8 Å². The van der Waals surface area contributed by atoms with E-state index in [1.165, 1.54) is 13.4 Å². The van der Waals surface area contributed by atoms with E-state index >= 15 is 0 Å². The fraction of sp³-hybridized carbons (Fsp3) is 0.286. The van der Waals surface area contributed by atoms with Crippen LogP contribution in [0.25, 0.3) is 11.3 Å². The highest BCUT2D eigenvalue weighted by molar-refractivity contribution is 5.68. The molecule has 0 aliphatic carbocycles. The molecule has 1 aliphatic rings. The van der Waals surface area contributed by atoms with E-state index in [1.807, 2.05) is 18.2 Å². The second-order valence-electron chi connectivity index (χ2n) is 4.33.